The lowest BCUT2D eigenvalue weighted by atomic mass is 9.66. The van der Waals surface area contributed by atoms with Gasteiger partial charge in [0.15, 0.2) is 0 Å². The number of anilines is 6. The average Bonchev–Trinajstić information content (AvgIpc) is 3.95. The van der Waals surface area contributed by atoms with Crippen molar-refractivity contribution in [1.82, 2.24) is 0 Å². The van der Waals surface area contributed by atoms with Gasteiger partial charge in [-0.3, -0.25) is 0 Å². The molecule has 1 unspecified atom stereocenters. The highest BCUT2D eigenvalue weighted by molar-refractivity contribution is 6.06. The highest BCUT2D eigenvalue weighted by Crippen LogP contribution is 2.60. The molecular weight excluding hydrogens is 801 g/mol. The van der Waals surface area contributed by atoms with Gasteiger partial charge in [0.2, 0.25) is 0 Å². The first-order valence-corrected chi connectivity index (χ1v) is 22.1. The molecule has 1 atom stereocenters. The fourth-order valence-electron chi connectivity index (χ4n) is 10.3. The summed E-state index contributed by atoms with van der Waals surface area (Å²) in [5, 5.41) is 3.83. The number of fused-ring (bicyclic) bond motifs is 8. The fraction of sp³-hybridized carbons (Fsp3) is 0.0159. The molecule has 1 heterocycles. The molecule has 0 radical (unpaired) electrons. The quantitative estimate of drug-likeness (QED) is 0.152. The summed E-state index contributed by atoms with van der Waals surface area (Å²) in [5.74, 6) is 0. The lowest BCUT2D eigenvalue weighted by Crippen LogP contribution is -2.29. The molecule has 0 saturated heterocycles. The summed E-state index contributed by atoms with van der Waals surface area (Å²) in [6, 6.07) is 68.9. The summed E-state index contributed by atoms with van der Waals surface area (Å²) in [5.41, 5.74) is 9.35. The minimum atomic E-state index is -1.50. The second kappa shape index (κ2) is 15.3. The molecular formula is C63H42N2O. The van der Waals surface area contributed by atoms with E-state index in [9.17, 15) is 6.85 Å². The van der Waals surface area contributed by atoms with E-state index >= 15 is 0 Å². The lowest BCUT2D eigenvalue weighted by molar-refractivity contribution is 0.668. The highest BCUT2D eigenvalue weighted by Gasteiger charge is 2.48. The van der Waals surface area contributed by atoms with Crippen molar-refractivity contribution in [2.24, 2.45) is 0 Å². The standard InChI is InChI=1S/C63H42N2O/c1-4-21-47(22-5-1)64(48-23-6-2-7-24-48)51-34-36-59-55(41-51)56-42-52(65(49-25-8-3-9-26-49)50-33-31-43-17-10-11-19-45(43)39-50)35-37-60(56)63(59,58-29-16-20-44-18-12-13-27-53(44)58)46-32-38-62-57(40-46)54-28-14-15-30-61(54)66-62/h1-42H/i12D,13D,16D,18D,20D,27D,29D. The molecule has 0 N–H and O–H groups in total. The van der Waals surface area contributed by atoms with E-state index in [0.29, 0.717) is 16.7 Å². The molecule has 310 valence electrons. The minimum Gasteiger partial charge on any atom is -0.456 e. The van der Waals surface area contributed by atoms with Gasteiger partial charge in [-0.05, 0) is 146 Å². The topological polar surface area (TPSA) is 19.6 Å². The van der Waals surface area contributed by atoms with Gasteiger partial charge < -0.3 is 14.2 Å². The summed E-state index contributed by atoms with van der Waals surface area (Å²) >= 11 is 0. The summed E-state index contributed by atoms with van der Waals surface area (Å²) in [4.78, 5) is 4.44. The molecule has 1 aromatic heterocycles. The molecule has 13 rings (SSSR count). The summed E-state index contributed by atoms with van der Waals surface area (Å²) in [6.45, 7) is 0. The van der Waals surface area contributed by atoms with Gasteiger partial charge in [0.25, 0.3) is 0 Å². The van der Waals surface area contributed by atoms with Crippen LogP contribution in [-0.2, 0) is 5.41 Å². The van der Waals surface area contributed by atoms with Crippen LogP contribution < -0.4 is 9.80 Å². The molecule has 0 amide bonds. The maximum Gasteiger partial charge on any atom is 0.135 e. The van der Waals surface area contributed by atoms with E-state index < -0.39 is 35.6 Å². The Bertz CT molecular complexity index is 4150. The van der Waals surface area contributed by atoms with Gasteiger partial charge in [-0.1, -0.05) is 164 Å². The van der Waals surface area contributed by atoms with Crippen molar-refractivity contribution in [3.63, 3.8) is 0 Å². The van der Waals surface area contributed by atoms with Crippen molar-refractivity contribution >= 4 is 77.6 Å². The van der Waals surface area contributed by atoms with Crippen LogP contribution in [0.25, 0.3) is 54.6 Å². The van der Waals surface area contributed by atoms with Crippen LogP contribution in [0.1, 0.15) is 31.8 Å². The second-order valence-corrected chi connectivity index (χ2v) is 16.7. The predicted octanol–water partition coefficient (Wildman–Crippen LogP) is 17.2. The molecule has 66 heavy (non-hydrogen) atoms. The molecule has 0 fully saturated rings. The second-order valence-electron chi connectivity index (χ2n) is 16.7. The third kappa shape index (κ3) is 5.91. The van der Waals surface area contributed by atoms with Crippen LogP contribution in [0, 0.1) is 0 Å². The first-order valence-electron chi connectivity index (χ1n) is 25.6. The largest absolute Gasteiger partial charge is 0.456 e. The van der Waals surface area contributed by atoms with Gasteiger partial charge in [0, 0.05) is 44.9 Å². The average molecular weight is 850 g/mol. The number of hydrogen-bond donors (Lipinski definition) is 0. The number of rotatable bonds is 8. The molecule has 0 aliphatic heterocycles. The van der Waals surface area contributed by atoms with Gasteiger partial charge in [0.05, 0.1) is 15.0 Å². The van der Waals surface area contributed by atoms with Crippen LogP contribution >= 0.6 is 0 Å². The first kappa shape index (κ1) is 31.2. The van der Waals surface area contributed by atoms with Gasteiger partial charge in [0.1, 0.15) is 11.2 Å². The molecule has 1 aliphatic carbocycles. The first-order chi connectivity index (χ1) is 35.6. The van der Waals surface area contributed by atoms with Crippen LogP contribution in [0.5, 0.6) is 0 Å². The van der Waals surface area contributed by atoms with Crippen LogP contribution in [-0.4, -0.2) is 0 Å². The van der Waals surface area contributed by atoms with E-state index in [1.165, 1.54) is 0 Å². The molecule has 1 aliphatic rings. The molecule has 11 aromatic carbocycles. The Hall–Kier alpha value is -8.66. The van der Waals surface area contributed by atoms with E-state index in [4.69, 9.17) is 7.16 Å². The minimum absolute atomic E-state index is 0.0263. The number of furan rings is 1. The summed E-state index contributed by atoms with van der Waals surface area (Å²) < 4.78 is 72.3. The normalized spacial score (nSPS) is 15.6. The summed E-state index contributed by atoms with van der Waals surface area (Å²) in [6.07, 6.45) is 0. The Morgan fingerprint density at radius 2 is 0.864 bits per heavy atom. The monoisotopic (exact) mass is 849 g/mol. The SMILES string of the molecule is [2H]c1c([2H])c([2H])c2c(C3(c4ccc5oc6ccccc6c5c4)c4ccc(N(c5ccccc5)c5ccccc5)cc4-c4cc(N(c5ccccc5)c5ccc6ccccc6c5)ccc43)c([2H])c([2H])c([2H])c2c1[2H]. The van der Waals surface area contributed by atoms with Crippen LogP contribution in [0.3, 0.4) is 0 Å². The molecule has 3 nitrogen and oxygen atoms in total. The van der Waals surface area contributed by atoms with Gasteiger partial charge in [-0.25, -0.2) is 0 Å². The number of para-hydroxylation sites is 4. The van der Waals surface area contributed by atoms with Gasteiger partial charge in [-0.15, -0.1) is 0 Å². The number of hydrogen-bond acceptors (Lipinski definition) is 3. The van der Waals surface area contributed by atoms with E-state index in [2.05, 4.69) is 119 Å². The Morgan fingerprint density at radius 3 is 1.55 bits per heavy atom. The van der Waals surface area contributed by atoms with E-state index in [-0.39, 0.29) is 28.4 Å². The maximum atomic E-state index is 10.1. The Kier molecular flexibility index (Phi) is 7.22. The lowest BCUT2D eigenvalue weighted by Gasteiger charge is -2.35. The Balaban J connectivity index is 1.20. The van der Waals surface area contributed by atoms with Crippen LogP contribution in [0.2, 0.25) is 0 Å². The Labute approximate surface area is 393 Å². The van der Waals surface area contributed by atoms with Crippen molar-refractivity contribution in [3.05, 3.63) is 277 Å². The zero-order valence-corrected chi connectivity index (χ0v) is 35.5. The molecule has 12 aromatic rings. The fourth-order valence-corrected chi connectivity index (χ4v) is 10.3. The number of benzene rings is 11. The maximum absolute atomic E-state index is 10.1. The molecule has 0 saturated carbocycles. The van der Waals surface area contributed by atoms with E-state index in [1.807, 2.05) is 103 Å². The molecule has 0 spiro atoms. The van der Waals surface area contributed by atoms with Crippen LogP contribution in [0.4, 0.5) is 34.1 Å². The van der Waals surface area contributed by atoms with Crippen molar-refractivity contribution in [2.75, 3.05) is 9.80 Å². The van der Waals surface area contributed by atoms with E-state index in [0.717, 1.165) is 77.9 Å². The van der Waals surface area contributed by atoms with Crippen molar-refractivity contribution < 1.29 is 14.0 Å². The third-order valence-corrected chi connectivity index (χ3v) is 13.2. The van der Waals surface area contributed by atoms with Crippen molar-refractivity contribution in [1.29, 1.82) is 0 Å². The number of nitrogens with zero attached hydrogens (tertiary/aromatic N) is 2. The smallest absolute Gasteiger partial charge is 0.135 e. The molecule has 3 heteroatoms. The van der Waals surface area contributed by atoms with Gasteiger partial charge >= 0.3 is 0 Å². The zero-order chi connectivity index (χ0) is 49.7. The highest BCUT2D eigenvalue weighted by atomic mass is 16.3. The zero-order valence-electron chi connectivity index (χ0n) is 42.5. The summed E-state index contributed by atoms with van der Waals surface area (Å²) in [7, 11) is 0. The van der Waals surface area contributed by atoms with Crippen molar-refractivity contribution in [3.8, 4) is 11.1 Å². The molecule has 0 bridgehead atoms. The predicted molar refractivity (Wildman–Crippen MR) is 275 cm³/mol. The van der Waals surface area contributed by atoms with E-state index in [1.54, 1.807) is 0 Å². The Morgan fingerprint density at radius 1 is 0.333 bits per heavy atom. The van der Waals surface area contributed by atoms with Gasteiger partial charge in [-0.2, -0.15) is 0 Å². The van der Waals surface area contributed by atoms with Crippen LogP contribution in [0.15, 0.2) is 259 Å². The van der Waals surface area contributed by atoms with Crippen molar-refractivity contribution in [2.45, 2.75) is 5.41 Å². The third-order valence-electron chi connectivity index (χ3n) is 13.2.